The number of hydrogen-bond donors (Lipinski definition) is 1. The summed E-state index contributed by atoms with van der Waals surface area (Å²) in [5.41, 5.74) is -5.54. The topological polar surface area (TPSA) is 135 Å². The van der Waals surface area contributed by atoms with Crippen molar-refractivity contribution in [2.75, 3.05) is 0 Å². The molecule has 0 aromatic carbocycles. The molecule has 10 atom stereocenters. The van der Waals surface area contributed by atoms with Crippen LogP contribution in [0.2, 0.25) is 0 Å². The molecule has 0 saturated carbocycles. The van der Waals surface area contributed by atoms with Crippen LogP contribution in [0.3, 0.4) is 0 Å². The highest BCUT2D eigenvalue weighted by Gasteiger charge is 2.53. The van der Waals surface area contributed by atoms with Crippen molar-refractivity contribution < 1.29 is 59.4 Å². The summed E-state index contributed by atoms with van der Waals surface area (Å²) >= 11 is 0. The Balaban J connectivity index is 0.000000379. The lowest BCUT2D eigenvalue weighted by Gasteiger charge is -2.42. The molecule has 2 saturated heterocycles. The lowest BCUT2D eigenvalue weighted by atomic mass is 9.89. The minimum atomic E-state index is -5.79. The Morgan fingerprint density at radius 3 is 1.57 bits per heavy atom. The maximum Gasteiger partial charge on any atom is 0.523 e. The predicted octanol–water partition coefficient (Wildman–Crippen LogP) is 2.32. The number of ether oxygens (including phenoxy) is 4. The zero-order valence-electron chi connectivity index (χ0n) is 20.9. The van der Waals surface area contributed by atoms with Crippen LogP contribution in [0.15, 0.2) is 0 Å². The summed E-state index contributed by atoms with van der Waals surface area (Å²) < 4.78 is 84.9. The van der Waals surface area contributed by atoms with Gasteiger partial charge in [0.05, 0.1) is 30.5 Å². The Hall–Kier alpha value is -1.48. The number of alkyl halides is 3. The van der Waals surface area contributed by atoms with Gasteiger partial charge in [0.2, 0.25) is 0 Å². The van der Waals surface area contributed by atoms with Crippen molar-refractivity contribution in [2.24, 2.45) is 11.8 Å². The fourth-order valence-electron chi connectivity index (χ4n) is 3.82. The molecule has 10 nitrogen and oxygen atoms in total. The number of rotatable bonds is 4. The molecule has 0 aromatic heterocycles. The van der Waals surface area contributed by atoms with Gasteiger partial charge in [-0.25, -0.2) is 0 Å². The summed E-state index contributed by atoms with van der Waals surface area (Å²) in [6, 6.07) is 0. The summed E-state index contributed by atoms with van der Waals surface area (Å²) in [6.07, 6.45) is -5.51. The van der Waals surface area contributed by atoms with E-state index in [0.29, 0.717) is 0 Å². The van der Waals surface area contributed by atoms with Gasteiger partial charge in [-0.05, 0) is 27.7 Å². The second kappa shape index (κ2) is 12.2. The van der Waals surface area contributed by atoms with E-state index in [1.807, 2.05) is 13.8 Å². The first kappa shape index (κ1) is 31.5. The first-order valence-corrected chi connectivity index (χ1v) is 12.5. The maximum absolute atomic E-state index is 12.4. The van der Waals surface area contributed by atoms with Gasteiger partial charge in [-0.1, -0.05) is 13.8 Å². The van der Waals surface area contributed by atoms with Crippen molar-refractivity contribution in [1.82, 2.24) is 0 Å². The summed E-state index contributed by atoms with van der Waals surface area (Å²) in [7, 11) is -5.79. The molecule has 14 heteroatoms. The molecule has 0 spiro atoms. The van der Waals surface area contributed by atoms with E-state index in [0.717, 1.165) is 6.92 Å². The summed E-state index contributed by atoms with van der Waals surface area (Å²) in [6.45, 7) is 12.5. The fraction of sp³-hybridized carbons (Fsp3) is 0.905. The quantitative estimate of drug-likeness (QED) is 0.324. The Morgan fingerprint density at radius 2 is 1.14 bits per heavy atom. The van der Waals surface area contributed by atoms with E-state index in [9.17, 15) is 36.3 Å². The molecule has 2 aliphatic heterocycles. The van der Waals surface area contributed by atoms with Gasteiger partial charge in [-0.15, -0.1) is 0 Å². The third-order valence-electron chi connectivity index (χ3n) is 6.11. The third-order valence-corrected chi connectivity index (χ3v) is 7.15. The molecule has 2 fully saturated rings. The third kappa shape index (κ3) is 8.27. The van der Waals surface area contributed by atoms with E-state index < -0.39 is 64.1 Å². The highest BCUT2D eigenvalue weighted by molar-refractivity contribution is 7.87. The fourth-order valence-corrected chi connectivity index (χ4v) is 4.51. The van der Waals surface area contributed by atoms with E-state index in [2.05, 4.69) is 4.18 Å². The smallest absolute Gasteiger partial charge is 0.457 e. The standard InChI is InChI=1S/C11H17F3O6S.C10H18O4/c1-5-6(2)18-7(3)10(19-8(4)15)9(5)20-21(16,17)11(12,13)14;1-5-6(2)13-7(3)10(9(5)12)14-8(4)11/h5-7,9-10H,1-4H3;5-7,9-10,12H,1-4H3/t2*5-,6?,7-,9-,10-/m00/s1. The highest BCUT2D eigenvalue weighted by atomic mass is 32.2. The minimum absolute atomic E-state index is 0.00759. The van der Waals surface area contributed by atoms with E-state index in [-0.39, 0.29) is 24.1 Å². The van der Waals surface area contributed by atoms with Crippen LogP contribution in [0.4, 0.5) is 13.2 Å². The van der Waals surface area contributed by atoms with Gasteiger partial charge in [0.25, 0.3) is 0 Å². The van der Waals surface area contributed by atoms with Crippen LogP contribution < -0.4 is 0 Å². The van der Waals surface area contributed by atoms with Crippen LogP contribution in [-0.4, -0.2) is 79.8 Å². The zero-order chi connectivity index (χ0) is 27.5. The van der Waals surface area contributed by atoms with Gasteiger partial charge in [-0.3, -0.25) is 13.8 Å². The Kier molecular flexibility index (Phi) is 11.0. The van der Waals surface area contributed by atoms with Crippen molar-refractivity contribution >= 4 is 22.1 Å². The monoisotopic (exact) mass is 536 g/mol. The van der Waals surface area contributed by atoms with E-state index >= 15 is 0 Å². The van der Waals surface area contributed by atoms with Gasteiger partial charge in [0, 0.05) is 25.7 Å². The number of esters is 2. The van der Waals surface area contributed by atoms with E-state index in [4.69, 9.17) is 18.9 Å². The molecule has 0 radical (unpaired) electrons. The Morgan fingerprint density at radius 1 is 0.743 bits per heavy atom. The van der Waals surface area contributed by atoms with Crippen molar-refractivity contribution in [3.05, 3.63) is 0 Å². The van der Waals surface area contributed by atoms with Gasteiger partial charge >= 0.3 is 27.6 Å². The molecule has 0 amide bonds. The van der Waals surface area contributed by atoms with Gasteiger partial charge in [0.1, 0.15) is 6.10 Å². The molecular formula is C21H35F3O10S. The number of hydrogen-bond acceptors (Lipinski definition) is 10. The second-order valence-corrected chi connectivity index (χ2v) is 10.5. The minimum Gasteiger partial charge on any atom is -0.457 e. The molecule has 0 bridgehead atoms. The number of aliphatic hydroxyl groups is 1. The normalized spacial score (nSPS) is 38.1. The number of carbonyl (C=O) groups excluding carboxylic acids is 2. The summed E-state index contributed by atoms with van der Waals surface area (Å²) in [4.78, 5) is 21.9. The molecular weight excluding hydrogens is 501 g/mol. The number of halogens is 3. The molecule has 2 aliphatic rings. The predicted molar refractivity (Wildman–Crippen MR) is 115 cm³/mol. The molecule has 206 valence electrons. The van der Waals surface area contributed by atoms with Crippen molar-refractivity contribution in [3.8, 4) is 0 Å². The van der Waals surface area contributed by atoms with Gasteiger partial charge < -0.3 is 24.1 Å². The first-order valence-electron chi connectivity index (χ1n) is 11.1. The average molecular weight is 537 g/mol. The zero-order valence-corrected chi connectivity index (χ0v) is 21.8. The van der Waals surface area contributed by atoms with Crippen LogP contribution >= 0.6 is 0 Å². The number of carbonyl (C=O) groups is 2. The van der Waals surface area contributed by atoms with Crippen LogP contribution in [0.1, 0.15) is 55.4 Å². The lowest BCUT2D eigenvalue weighted by Crippen LogP contribution is -2.55. The first-order chi connectivity index (χ1) is 15.8. The molecule has 2 unspecified atom stereocenters. The van der Waals surface area contributed by atoms with Crippen LogP contribution in [0.25, 0.3) is 0 Å². The molecule has 35 heavy (non-hydrogen) atoms. The average Bonchev–Trinajstić information content (AvgIpc) is 2.69. The van der Waals surface area contributed by atoms with Crippen LogP contribution in [0, 0.1) is 11.8 Å². The molecule has 0 aromatic rings. The van der Waals surface area contributed by atoms with E-state index in [1.165, 1.54) is 20.8 Å². The van der Waals surface area contributed by atoms with Crippen LogP contribution in [0.5, 0.6) is 0 Å². The molecule has 1 N–H and O–H groups in total. The lowest BCUT2D eigenvalue weighted by molar-refractivity contribution is -0.205. The van der Waals surface area contributed by atoms with Crippen LogP contribution in [-0.2, 0) is 42.8 Å². The van der Waals surface area contributed by atoms with Gasteiger partial charge in [0.15, 0.2) is 12.2 Å². The maximum atomic E-state index is 12.4. The highest BCUT2D eigenvalue weighted by Crippen LogP contribution is 2.34. The van der Waals surface area contributed by atoms with E-state index in [1.54, 1.807) is 13.8 Å². The molecule has 0 aliphatic carbocycles. The van der Waals surface area contributed by atoms with Crippen molar-refractivity contribution in [3.63, 3.8) is 0 Å². The largest absolute Gasteiger partial charge is 0.523 e. The number of aliphatic hydroxyl groups excluding tert-OH is 1. The summed E-state index contributed by atoms with van der Waals surface area (Å²) in [5.74, 6) is -1.89. The van der Waals surface area contributed by atoms with Gasteiger partial charge in [-0.2, -0.15) is 21.6 Å². The Bertz CT molecular complexity index is 834. The van der Waals surface area contributed by atoms with Crippen molar-refractivity contribution in [1.29, 1.82) is 0 Å². The van der Waals surface area contributed by atoms with Crippen molar-refractivity contribution in [2.45, 2.75) is 110 Å². The molecule has 2 heterocycles. The second-order valence-electron chi connectivity index (χ2n) is 8.91. The Labute approximate surface area is 203 Å². The summed E-state index contributed by atoms with van der Waals surface area (Å²) in [5, 5.41) is 9.87. The SMILES string of the molecule is CC(=O)O[C@@H]1[C@@H](O)[C@@H](C)C(C)O[C@H]1C.CC(=O)O[C@@H]1[C@@H](OS(=O)(=O)C(F)(F)F)[C@@H](C)C(C)O[C@H]1C. The molecule has 2 rings (SSSR count).